The van der Waals surface area contributed by atoms with Crippen LogP contribution in [0.4, 0.5) is 9.18 Å². The number of amides is 3. The topological polar surface area (TPSA) is 79.0 Å². The molecule has 2 atom stereocenters. The fourth-order valence-corrected chi connectivity index (χ4v) is 3.35. The zero-order chi connectivity index (χ0) is 19.4. The summed E-state index contributed by atoms with van der Waals surface area (Å²) in [6.45, 7) is 2.78. The molecule has 146 valence electrons. The number of halogens is 1. The first kappa shape index (κ1) is 19.1. The number of likely N-dealkylation sites (tertiary alicyclic amines) is 1. The summed E-state index contributed by atoms with van der Waals surface area (Å²) < 4.78 is 18.9. The van der Waals surface area contributed by atoms with E-state index in [1.54, 1.807) is 0 Å². The first-order chi connectivity index (χ1) is 12.9. The number of ether oxygens (including phenoxy) is 1. The van der Waals surface area contributed by atoms with Crippen LogP contribution in [-0.4, -0.2) is 72.7 Å². The van der Waals surface area contributed by atoms with E-state index in [1.807, 2.05) is 31.2 Å². The lowest BCUT2D eigenvalue weighted by Gasteiger charge is -2.35. The van der Waals surface area contributed by atoms with E-state index in [1.165, 1.54) is 9.80 Å². The van der Waals surface area contributed by atoms with Crippen LogP contribution in [0.5, 0.6) is 0 Å². The molecule has 0 radical (unpaired) electrons. The lowest BCUT2D eigenvalue weighted by atomic mass is 10.0. The van der Waals surface area contributed by atoms with Crippen LogP contribution < -0.4 is 5.32 Å². The van der Waals surface area contributed by atoms with Crippen LogP contribution in [0.1, 0.15) is 17.5 Å². The van der Waals surface area contributed by atoms with E-state index < -0.39 is 18.3 Å². The van der Waals surface area contributed by atoms with Gasteiger partial charge in [0, 0.05) is 19.0 Å². The van der Waals surface area contributed by atoms with Gasteiger partial charge in [-0.15, -0.1) is 0 Å². The van der Waals surface area contributed by atoms with Crippen molar-refractivity contribution in [1.29, 1.82) is 0 Å². The summed E-state index contributed by atoms with van der Waals surface area (Å²) in [5.41, 5.74) is 1.98. The highest BCUT2D eigenvalue weighted by atomic mass is 19.1. The maximum Gasteiger partial charge on any atom is 0.410 e. The van der Waals surface area contributed by atoms with Gasteiger partial charge in [0.25, 0.3) is 0 Å². The van der Waals surface area contributed by atoms with Gasteiger partial charge < -0.3 is 15.0 Å². The molecule has 0 aromatic heterocycles. The summed E-state index contributed by atoms with van der Waals surface area (Å²) in [5, 5.41) is 2.73. The van der Waals surface area contributed by atoms with Crippen molar-refractivity contribution in [2.45, 2.75) is 32.0 Å². The van der Waals surface area contributed by atoms with Gasteiger partial charge in [-0.1, -0.05) is 29.8 Å². The second-order valence-corrected chi connectivity index (χ2v) is 7.09. The van der Waals surface area contributed by atoms with Gasteiger partial charge >= 0.3 is 6.09 Å². The van der Waals surface area contributed by atoms with Crippen LogP contribution in [0.3, 0.4) is 0 Å². The summed E-state index contributed by atoms with van der Waals surface area (Å²) in [7, 11) is 0. The van der Waals surface area contributed by atoms with Crippen molar-refractivity contribution in [1.82, 2.24) is 15.1 Å². The molecule has 2 fully saturated rings. The van der Waals surface area contributed by atoms with Crippen molar-refractivity contribution < 1.29 is 23.5 Å². The van der Waals surface area contributed by atoms with Crippen LogP contribution in [-0.2, 0) is 20.7 Å². The Morgan fingerprint density at radius 3 is 2.67 bits per heavy atom. The molecule has 7 nitrogen and oxygen atoms in total. The monoisotopic (exact) mass is 377 g/mol. The number of nitrogens with zero attached hydrogens (tertiary/aromatic N) is 2. The maximum absolute atomic E-state index is 14.1. The Labute approximate surface area is 157 Å². The highest BCUT2D eigenvalue weighted by Crippen LogP contribution is 2.16. The molecule has 0 saturated carbocycles. The Bertz CT molecular complexity index is 709. The molecule has 0 aliphatic carbocycles. The number of alkyl halides is 1. The van der Waals surface area contributed by atoms with Gasteiger partial charge in [0.2, 0.25) is 11.8 Å². The van der Waals surface area contributed by atoms with Crippen molar-refractivity contribution >= 4 is 17.9 Å². The van der Waals surface area contributed by atoms with Gasteiger partial charge in [-0.25, -0.2) is 9.18 Å². The number of hydrogen-bond acceptors (Lipinski definition) is 4. The summed E-state index contributed by atoms with van der Waals surface area (Å²) in [5.74, 6) is -0.539. The summed E-state index contributed by atoms with van der Waals surface area (Å²) in [6.07, 6.45) is -1.35. The quantitative estimate of drug-likeness (QED) is 0.832. The molecule has 2 aliphatic heterocycles. The minimum Gasteiger partial charge on any atom is -0.448 e. The fourth-order valence-electron chi connectivity index (χ4n) is 3.35. The van der Waals surface area contributed by atoms with E-state index in [-0.39, 0.29) is 50.9 Å². The van der Waals surface area contributed by atoms with Gasteiger partial charge in [0.15, 0.2) is 0 Å². The molecule has 1 aromatic carbocycles. The first-order valence-corrected chi connectivity index (χ1v) is 9.09. The number of carbonyl (C=O) groups is 3. The number of nitrogens with one attached hydrogen (secondary N) is 1. The maximum atomic E-state index is 14.1. The number of aryl methyl sites for hydroxylation is 1. The van der Waals surface area contributed by atoms with E-state index in [9.17, 15) is 18.8 Å². The summed E-state index contributed by atoms with van der Waals surface area (Å²) >= 11 is 0. The van der Waals surface area contributed by atoms with Gasteiger partial charge in [0.1, 0.15) is 19.3 Å². The van der Waals surface area contributed by atoms with E-state index in [2.05, 4.69) is 5.32 Å². The third-order valence-corrected chi connectivity index (χ3v) is 4.77. The number of carbonyl (C=O) groups excluding carboxylic acids is 3. The largest absolute Gasteiger partial charge is 0.448 e. The molecule has 3 amide bonds. The van der Waals surface area contributed by atoms with Crippen molar-refractivity contribution in [3.05, 3.63) is 35.4 Å². The molecular formula is C19H24FN3O4. The van der Waals surface area contributed by atoms with Crippen LogP contribution >= 0.6 is 0 Å². The zero-order valence-electron chi connectivity index (χ0n) is 15.3. The van der Waals surface area contributed by atoms with E-state index >= 15 is 0 Å². The third-order valence-electron chi connectivity index (χ3n) is 4.77. The minimum absolute atomic E-state index is 0.0372. The predicted molar refractivity (Wildman–Crippen MR) is 95.8 cm³/mol. The highest BCUT2D eigenvalue weighted by molar-refractivity contribution is 5.83. The molecule has 27 heavy (non-hydrogen) atoms. The summed E-state index contributed by atoms with van der Waals surface area (Å²) in [4.78, 5) is 38.8. The van der Waals surface area contributed by atoms with Gasteiger partial charge in [0.05, 0.1) is 19.5 Å². The molecule has 2 aliphatic rings. The van der Waals surface area contributed by atoms with E-state index in [0.29, 0.717) is 6.54 Å². The van der Waals surface area contributed by atoms with Crippen LogP contribution in [0.15, 0.2) is 24.3 Å². The lowest BCUT2D eigenvalue weighted by molar-refractivity contribution is -0.134. The average molecular weight is 377 g/mol. The Morgan fingerprint density at radius 2 is 2.00 bits per heavy atom. The molecule has 0 spiro atoms. The molecule has 1 aromatic rings. The molecule has 2 saturated heterocycles. The standard InChI is InChI=1S/C19H24FN3O4/c1-13-2-4-14(5-3-13)8-18(25)23-10-15(20)9-16(11-23)21-17(24)12-22-6-7-27-19(22)26/h2-5,15-16H,6-12H2,1H3,(H,21,24)/t15-,16+/m1/s1. The fraction of sp³-hybridized carbons (Fsp3) is 0.526. The van der Waals surface area contributed by atoms with Gasteiger partial charge in [-0.3, -0.25) is 14.5 Å². The SMILES string of the molecule is Cc1ccc(CC(=O)N2C[C@H](F)C[C@H](NC(=O)CN3CCOC3=O)C2)cc1. The highest BCUT2D eigenvalue weighted by Gasteiger charge is 2.32. The van der Waals surface area contributed by atoms with Crippen LogP contribution in [0.25, 0.3) is 0 Å². The molecule has 3 rings (SSSR count). The summed E-state index contributed by atoms with van der Waals surface area (Å²) in [6, 6.07) is 7.17. The number of benzene rings is 1. The van der Waals surface area contributed by atoms with E-state index in [0.717, 1.165) is 11.1 Å². The second-order valence-electron chi connectivity index (χ2n) is 7.09. The first-order valence-electron chi connectivity index (χ1n) is 9.09. The van der Waals surface area contributed by atoms with Crippen LogP contribution in [0, 0.1) is 6.92 Å². The van der Waals surface area contributed by atoms with E-state index in [4.69, 9.17) is 4.74 Å². The second kappa shape index (κ2) is 8.37. The lowest BCUT2D eigenvalue weighted by Crippen LogP contribution is -2.54. The third kappa shape index (κ3) is 5.18. The molecule has 0 bridgehead atoms. The normalized spacial score (nSPS) is 22.5. The zero-order valence-corrected chi connectivity index (χ0v) is 15.3. The Balaban J connectivity index is 1.53. The van der Waals surface area contributed by atoms with Gasteiger partial charge in [-0.05, 0) is 12.5 Å². The Kier molecular flexibility index (Phi) is 5.93. The number of rotatable bonds is 5. The number of piperidine rings is 1. The predicted octanol–water partition coefficient (Wildman–Crippen LogP) is 1.04. The molecule has 1 N–H and O–H groups in total. The average Bonchev–Trinajstić information content (AvgIpc) is 3.01. The molecule has 2 heterocycles. The molecule has 8 heteroatoms. The molecule has 0 unspecified atom stereocenters. The number of hydrogen-bond donors (Lipinski definition) is 1. The van der Waals surface area contributed by atoms with Crippen molar-refractivity contribution in [3.8, 4) is 0 Å². The van der Waals surface area contributed by atoms with Gasteiger partial charge in [-0.2, -0.15) is 0 Å². The Hall–Kier alpha value is -2.64. The smallest absolute Gasteiger partial charge is 0.410 e. The molecular weight excluding hydrogens is 353 g/mol. The van der Waals surface area contributed by atoms with Crippen molar-refractivity contribution in [3.63, 3.8) is 0 Å². The minimum atomic E-state index is -1.19. The van der Waals surface area contributed by atoms with Crippen LogP contribution in [0.2, 0.25) is 0 Å². The Morgan fingerprint density at radius 1 is 1.26 bits per heavy atom. The van der Waals surface area contributed by atoms with Crippen molar-refractivity contribution in [2.75, 3.05) is 32.8 Å². The van der Waals surface area contributed by atoms with Crippen molar-refractivity contribution in [2.24, 2.45) is 0 Å². The number of cyclic esters (lactones) is 1.